The lowest BCUT2D eigenvalue weighted by molar-refractivity contribution is 0.360. The summed E-state index contributed by atoms with van der Waals surface area (Å²) in [5, 5.41) is 4.26. The van der Waals surface area contributed by atoms with Gasteiger partial charge in [0.1, 0.15) is 0 Å². The monoisotopic (exact) mass is 273 g/mol. The molecule has 0 saturated carbocycles. The molecule has 0 N–H and O–H groups in total. The molecule has 0 atom stereocenters. The summed E-state index contributed by atoms with van der Waals surface area (Å²) in [6.07, 6.45) is 3.16. The van der Waals surface area contributed by atoms with Crippen molar-refractivity contribution >= 4 is 17.0 Å². The fraction of sp³-hybridized carbons (Fsp3) is 0.400. The van der Waals surface area contributed by atoms with Crippen LogP contribution in [0.2, 0.25) is 0 Å². The van der Waals surface area contributed by atoms with Crippen LogP contribution in [0.4, 0.5) is 5.69 Å². The van der Waals surface area contributed by atoms with Gasteiger partial charge in [-0.3, -0.25) is 4.98 Å². The van der Waals surface area contributed by atoms with E-state index in [1.165, 1.54) is 24.2 Å². The number of likely N-dealkylation sites (N-methyl/N-ethyl adjacent to an activating group) is 1. The van der Waals surface area contributed by atoms with Crippen molar-refractivity contribution in [3.05, 3.63) is 35.2 Å². The molecule has 3 rings (SSSR count). The molecule has 3 nitrogen and oxygen atoms in total. The molecule has 0 radical (unpaired) electrons. The molecule has 2 aromatic rings. The lowest BCUT2D eigenvalue weighted by Gasteiger charge is -2.23. The molecule has 0 aromatic carbocycles. The van der Waals surface area contributed by atoms with Gasteiger partial charge in [0, 0.05) is 42.5 Å². The van der Waals surface area contributed by atoms with Crippen LogP contribution in [0.15, 0.2) is 35.2 Å². The quantitative estimate of drug-likeness (QED) is 0.838. The Morgan fingerprint density at radius 1 is 1.16 bits per heavy atom. The molecule has 0 aliphatic carbocycles. The second-order valence-electron chi connectivity index (χ2n) is 5.06. The van der Waals surface area contributed by atoms with Gasteiger partial charge in [-0.2, -0.15) is 11.3 Å². The summed E-state index contributed by atoms with van der Waals surface area (Å²) in [6.45, 7) is 4.57. The van der Waals surface area contributed by atoms with Gasteiger partial charge in [0.2, 0.25) is 0 Å². The second kappa shape index (κ2) is 5.72. The van der Waals surface area contributed by atoms with Crippen molar-refractivity contribution in [2.24, 2.45) is 0 Å². The minimum atomic E-state index is 1.08. The van der Waals surface area contributed by atoms with E-state index in [0.29, 0.717) is 0 Å². The van der Waals surface area contributed by atoms with Gasteiger partial charge in [0.25, 0.3) is 0 Å². The third kappa shape index (κ3) is 2.96. The van der Waals surface area contributed by atoms with Crippen LogP contribution in [0.25, 0.3) is 11.3 Å². The first-order valence-corrected chi connectivity index (χ1v) is 7.69. The molecule has 4 heteroatoms. The molecule has 1 aliphatic rings. The Bertz CT molecular complexity index is 524. The standard InChI is InChI=1S/C15H19N3S/c1-17-6-2-7-18(9-8-17)14-3-5-16-15(11-14)13-4-10-19-12-13/h3-5,10-12H,2,6-9H2,1H3. The summed E-state index contributed by atoms with van der Waals surface area (Å²) < 4.78 is 0. The molecular formula is C15H19N3S. The maximum Gasteiger partial charge on any atom is 0.0730 e. The fourth-order valence-electron chi connectivity index (χ4n) is 2.49. The maximum absolute atomic E-state index is 4.48. The zero-order valence-corrected chi connectivity index (χ0v) is 12.1. The molecule has 1 aliphatic heterocycles. The average Bonchev–Trinajstić information content (AvgIpc) is 2.89. The van der Waals surface area contributed by atoms with E-state index in [1.807, 2.05) is 6.20 Å². The predicted octanol–water partition coefficient (Wildman–Crippen LogP) is 2.95. The van der Waals surface area contributed by atoms with Crippen LogP contribution in [-0.2, 0) is 0 Å². The normalized spacial score (nSPS) is 17.4. The van der Waals surface area contributed by atoms with Crippen molar-refractivity contribution in [1.82, 2.24) is 9.88 Å². The lowest BCUT2D eigenvalue weighted by atomic mass is 10.2. The summed E-state index contributed by atoms with van der Waals surface area (Å²) in [4.78, 5) is 9.36. The maximum atomic E-state index is 4.48. The largest absolute Gasteiger partial charge is 0.370 e. The highest BCUT2D eigenvalue weighted by Crippen LogP contribution is 2.24. The Labute approximate surface area is 118 Å². The molecule has 100 valence electrons. The summed E-state index contributed by atoms with van der Waals surface area (Å²) in [5.74, 6) is 0. The van der Waals surface area contributed by atoms with Gasteiger partial charge in [-0.25, -0.2) is 0 Å². The number of rotatable bonds is 2. The van der Waals surface area contributed by atoms with E-state index in [1.54, 1.807) is 11.3 Å². The number of thiophene rings is 1. The molecule has 3 heterocycles. The summed E-state index contributed by atoms with van der Waals surface area (Å²) in [7, 11) is 2.20. The number of anilines is 1. The second-order valence-corrected chi connectivity index (χ2v) is 5.84. The number of nitrogens with zero attached hydrogens (tertiary/aromatic N) is 3. The molecule has 0 bridgehead atoms. The zero-order chi connectivity index (χ0) is 13.1. The highest BCUT2D eigenvalue weighted by molar-refractivity contribution is 7.08. The van der Waals surface area contributed by atoms with Crippen LogP contribution in [-0.4, -0.2) is 43.1 Å². The van der Waals surface area contributed by atoms with Crippen LogP contribution in [0.1, 0.15) is 6.42 Å². The van der Waals surface area contributed by atoms with E-state index in [4.69, 9.17) is 0 Å². The van der Waals surface area contributed by atoms with Crippen LogP contribution in [0, 0.1) is 0 Å². The molecular weight excluding hydrogens is 254 g/mol. The lowest BCUT2D eigenvalue weighted by Crippen LogP contribution is -2.28. The first kappa shape index (κ1) is 12.6. The molecule has 0 unspecified atom stereocenters. The fourth-order valence-corrected chi connectivity index (χ4v) is 3.14. The van der Waals surface area contributed by atoms with Crippen LogP contribution >= 0.6 is 11.3 Å². The molecule has 0 amide bonds. The smallest absolute Gasteiger partial charge is 0.0730 e. The van der Waals surface area contributed by atoms with E-state index < -0.39 is 0 Å². The van der Waals surface area contributed by atoms with Crippen LogP contribution in [0.3, 0.4) is 0 Å². The Hall–Kier alpha value is -1.39. The molecule has 1 saturated heterocycles. The van der Waals surface area contributed by atoms with E-state index in [2.05, 4.69) is 50.8 Å². The van der Waals surface area contributed by atoms with E-state index in [0.717, 1.165) is 25.3 Å². The van der Waals surface area contributed by atoms with Crippen LogP contribution < -0.4 is 4.90 Å². The van der Waals surface area contributed by atoms with Gasteiger partial charge < -0.3 is 9.80 Å². The third-order valence-corrected chi connectivity index (χ3v) is 4.33. The van der Waals surface area contributed by atoms with Crippen molar-refractivity contribution in [2.75, 3.05) is 38.1 Å². The Balaban J connectivity index is 1.83. The minimum Gasteiger partial charge on any atom is -0.370 e. The number of aromatic nitrogens is 1. The van der Waals surface area contributed by atoms with Crippen LogP contribution in [0.5, 0.6) is 0 Å². The van der Waals surface area contributed by atoms with Gasteiger partial charge in [0.15, 0.2) is 0 Å². The summed E-state index contributed by atoms with van der Waals surface area (Å²) in [5.41, 5.74) is 3.60. The van der Waals surface area contributed by atoms with Gasteiger partial charge >= 0.3 is 0 Å². The van der Waals surface area contributed by atoms with Crippen molar-refractivity contribution in [1.29, 1.82) is 0 Å². The van der Waals surface area contributed by atoms with Gasteiger partial charge in [0.05, 0.1) is 5.69 Å². The highest BCUT2D eigenvalue weighted by Gasteiger charge is 2.13. The molecule has 2 aromatic heterocycles. The Morgan fingerprint density at radius 2 is 2.11 bits per heavy atom. The molecule has 1 fully saturated rings. The third-order valence-electron chi connectivity index (χ3n) is 3.65. The predicted molar refractivity (Wildman–Crippen MR) is 81.9 cm³/mol. The Kier molecular flexibility index (Phi) is 3.80. The number of hydrogen-bond acceptors (Lipinski definition) is 4. The van der Waals surface area contributed by atoms with Gasteiger partial charge in [-0.15, -0.1) is 0 Å². The first-order chi connectivity index (χ1) is 9.33. The SMILES string of the molecule is CN1CCCN(c2ccnc(-c3ccsc3)c2)CC1. The van der Waals surface area contributed by atoms with E-state index >= 15 is 0 Å². The van der Waals surface area contributed by atoms with Gasteiger partial charge in [-0.05, 0) is 43.6 Å². The average molecular weight is 273 g/mol. The minimum absolute atomic E-state index is 1.08. The van der Waals surface area contributed by atoms with Gasteiger partial charge in [-0.1, -0.05) is 0 Å². The van der Waals surface area contributed by atoms with Crippen molar-refractivity contribution in [2.45, 2.75) is 6.42 Å². The van der Waals surface area contributed by atoms with E-state index in [-0.39, 0.29) is 0 Å². The van der Waals surface area contributed by atoms with E-state index in [9.17, 15) is 0 Å². The van der Waals surface area contributed by atoms with Crippen molar-refractivity contribution in [3.63, 3.8) is 0 Å². The number of hydrogen-bond donors (Lipinski definition) is 0. The van der Waals surface area contributed by atoms with Crippen molar-refractivity contribution < 1.29 is 0 Å². The Morgan fingerprint density at radius 3 is 2.95 bits per heavy atom. The highest BCUT2D eigenvalue weighted by atomic mass is 32.1. The topological polar surface area (TPSA) is 19.4 Å². The molecule has 19 heavy (non-hydrogen) atoms. The summed E-state index contributed by atoms with van der Waals surface area (Å²) in [6, 6.07) is 6.47. The zero-order valence-electron chi connectivity index (χ0n) is 11.2. The first-order valence-electron chi connectivity index (χ1n) is 6.75. The van der Waals surface area contributed by atoms with Crippen molar-refractivity contribution in [3.8, 4) is 11.3 Å². The number of pyridine rings is 1. The summed E-state index contributed by atoms with van der Waals surface area (Å²) >= 11 is 1.72. The molecule has 0 spiro atoms.